The molecule has 0 fully saturated rings. The summed E-state index contributed by atoms with van der Waals surface area (Å²) in [6, 6.07) is 4.25. The number of hydrogen-bond donors (Lipinski definition) is 1. The smallest absolute Gasteiger partial charge is 0.292 e. The van der Waals surface area contributed by atoms with E-state index in [0.717, 1.165) is 0 Å². The molecule has 0 amide bonds. The number of alkyl halides is 2. The molecule has 2 N–H and O–H groups in total. The molecule has 2 nitrogen and oxygen atoms in total. The van der Waals surface area contributed by atoms with E-state index in [-0.39, 0.29) is 11.5 Å². The summed E-state index contributed by atoms with van der Waals surface area (Å²) in [7, 11) is 0. The summed E-state index contributed by atoms with van der Waals surface area (Å²) in [6.07, 6.45) is 0. The minimum Gasteiger partial charge on any atom is -0.384 e. The molecule has 0 aliphatic rings. The lowest BCUT2D eigenvalue weighted by Crippen LogP contribution is -2.22. The van der Waals surface area contributed by atoms with E-state index in [1.54, 1.807) is 0 Å². The summed E-state index contributed by atoms with van der Waals surface area (Å²) >= 11 is 0. The number of nitrogens with zero attached hydrogens (tertiary/aromatic N) is 1. The van der Waals surface area contributed by atoms with Gasteiger partial charge in [0.1, 0.15) is 11.5 Å². The molecule has 1 aromatic heterocycles. The van der Waals surface area contributed by atoms with E-state index < -0.39 is 11.8 Å². The predicted octanol–water partition coefficient (Wildman–Crippen LogP) is 2.41. The fourth-order valence-electron chi connectivity index (χ4n) is 0.933. The SMILES string of the molecule is CC(C)C(F)(F)c1cccc(N)n1. The van der Waals surface area contributed by atoms with Gasteiger partial charge < -0.3 is 5.73 Å². The van der Waals surface area contributed by atoms with Crippen molar-refractivity contribution in [2.75, 3.05) is 5.73 Å². The van der Waals surface area contributed by atoms with E-state index in [0.29, 0.717) is 0 Å². The summed E-state index contributed by atoms with van der Waals surface area (Å²) in [5, 5.41) is 0. The topological polar surface area (TPSA) is 38.9 Å². The first kappa shape index (κ1) is 9.89. The molecule has 1 heterocycles. The summed E-state index contributed by atoms with van der Waals surface area (Å²) in [6.45, 7) is 2.90. The van der Waals surface area contributed by atoms with Crippen LogP contribution >= 0.6 is 0 Å². The minimum absolute atomic E-state index is 0.123. The third-order valence-corrected chi connectivity index (χ3v) is 1.84. The van der Waals surface area contributed by atoms with Gasteiger partial charge >= 0.3 is 0 Å². The second-order valence-electron chi connectivity index (χ2n) is 3.23. The van der Waals surface area contributed by atoms with Crippen LogP contribution in [0.15, 0.2) is 18.2 Å². The largest absolute Gasteiger partial charge is 0.384 e. The number of halogens is 2. The van der Waals surface area contributed by atoms with Crippen LogP contribution in [-0.4, -0.2) is 4.98 Å². The molecule has 13 heavy (non-hydrogen) atoms. The molecule has 72 valence electrons. The van der Waals surface area contributed by atoms with Crippen LogP contribution in [0.4, 0.5) is 14.6 Å². The van der Waals surface area contributed by atoms with Crippen molar-refractivity contribution in [2.24, 2.45) is 5.92 Å². The van der Waals surface area contributed by atoms with Crippen LogP contribution in [0.5, 0.6) is 0 Å². The summed E-state index contributed by atoms with van der Waals surface area (Å²) in [5.41, 5.74) is 5.05. The van der Waals surface area contributed by atoms with E-state index in [2.05, 4.69) is 4.98 Å². The van der Waals surface area contributed by atoms with E-state index in [4.69, 9.17) is 5.73 Å². The maximum Gasteiger partial charge on any atom is 0.292 e. The van der Waals surface area contributed by atoms with Crippen molar-refractivity contribution in [1.29, 1.82) is 0 Å². The molecular formula is C9H12F2N2. The Morgan fingerprint density at radius 3 is 2.46 bits per heavy atom. The van der Waals surface area contributed by atoms with Gasteiger partial charge in [0, 0.05) is 5.92 Å². The summed E-state index contributed by atoms with van der Waals surface area (Å²) < 4.78 is 26.7. The molecule has 1 aromatic rings. The Bertz CT molecular complexity index is 297. The Morgan fingerprint density at radius 2 is 2.00 bits per heavy atom. The van der Waals surface area contributed by atoms with Gasteiger partial charge in [0.25, 0.3) is 5.92 Å². The zero-order chi connectivity index (χ0) is 10.1. The zero-order valence-corrected chi connectivity index (χ0v) is 7.59. The molecule has 0 aromatic carbocycles. The van der Waals surface area contributed by atoms with E-state index in [1.807, 2.05) is 0 Å². The monoisotopic (exact) mass is 186 g/mol. The molecule has 0 saturated carbocycles. The first-order valence-electron chi connectivity index (χ1n) is 4.05. The highest BCUT2D eigenvalue weighted by Crippen LogP contribution is 2.34. The average Bonchev–Trinajstić information content (AvgIpc) is 2.04. The molecule has 0 radical (unpaired) electrons. The van der Waals surface area contributed by atoms with Gasteiger partial charge in [-0.15, -0.1) is 0 Å². The molecule has 4 heteroatoms. The van der Waals surface area contributed by atoms with Crippen LogP contribution in [-0.2, 0) is 5.92 Å². The van der Waals surface area contributed by atoms with Crippen LogP contribution in [0.25, 0.3) is 0 Å². The number of aromatic nitrogens is 1. The number of nitrogens with two attached hydrogens (primary N) is 1. The quantitative estimate of drug-likeness (QED) is 0.770. The van der Waals surface area contributed by atoms with Gasteiger partial charge in [-0.2, -0.15) is 8.78 Å². The molecule has 0 saturated heterocycles. The van der Waals surface area contributed by atoms with Crippen molar-refractivity contribution in [2.45, 2.75) is 19.8 Å². The van der Waals surface area contributed by atoms with Gasteiger partial charge in [0.05, 0.1) is 0 Å². The number of nitrogen functional groups attached to an aromatic ring is 1. The van der Waals surface area contributed by atoms with Crippen molar-refractivity contribution in [3.63, 3.8) is 0 Å². The standard InChI is InChI=1S/C9H12F2N2/c1-6(2)9(10,11)7-4-3-5-8(12)13-7/h3-6H,1-2H3,(H2,12,13). The lowest BCUT2D eigenvalue weighted by molar-refractivity contribution is -0.0553. The van der Waals surface area contributed by atoms with Gasteiger partial charge in [-0.3, -0.25) is 0 Å². The second-order valence-corrected chi connectivity index (χ2v) is 3.23. The minimum atomic E-state index is -2.91. The van der Waals surface area contributed by atoms with Crippen LogP contribution in [0.3, 0.4) is 0 Å². The zero-order valence-electron chi connectivity index (χ0n) is 7.59. The first-order valence-corrected chi connectivity index (χ1v) is 4.05. The summed E-state index contributed by atoms with van der Waals surface area (Å²) in [5.74, 6) is -3.56. The number of anilines is 1. The maximum atomic E-state index is 13.3. The average molecular weight is 186 g/mol. The molecule has 0 bridgehead atoms. The Hall–Kier alpha value is -1.19. The molecule has 1 rings (SSSR count). The lowest BCUT2D eigenvalue weighted by atomic mass is 10.0. The number of hydrogen-bond acceptors (Lipinski definition) is 2. The second kappa shape index (κ2) is 3.28. The number of pyridine rings is 1. The Labute approximate surface area is 75.8 Å². The molecular weight excluding hydrogens is 174 g/mol. The first-order chi connectivity index (χ1) is 5.94. The highest BCUT2D eigenvalue weighted by molar-refractivity contribution is 5.30. The molecule has 0 aliphatic heterocycles. The van der Waals surface area contributed by atoms with E-state index >= 15 is 0 Å². The normalized spacial score (nSPS) is 12.1. The lowest BCUT2D eigenvalue weighted by Gasteiger charge is -2.19. The van der Waals surface area contributed by atoms with Crippen molar-refractivity contribution in [1.82, 2.24) is 4.98 Å². The Kier molecular flexibility index (Phi) is 2.50. The highest BCUT2D eigenvalue weighted by Gasteiger charge is 2.37. The van der Waals surface area contributed by atoms with Gasteiger partial charge in [-0.05, 0) is 12.1 Å². The van der Waals surface area contributed by atoms with Crippen molar-refractivity contribution < 1.29 is 8.78 Å². The fourth-order valence-corrected chi connectivity index (χ4v) is 0.933. The third kappa shape index (κ3) is 1.94. The van der Waals surface area contributed by atoms with Gasteiger partial charge in [0.2, 0.25) is 0 Å². The van der Waals surface area contributed by atoms with Crippen molar-refractivity contribution in [3.05, 3.63) is 23.9 Å². The predicted molar refractivity (Wildman–Crippen MR) is 47.4 cm³/mol. The van der Waals surface area contributed by atoms with Crippen LogP contribution < -0.4 is 5.73 Å². The highest BCUT2D eigenvalue weighted by atomic mass is 19.3. The van der Waals surface area contributed by atoms with Crippen LogP contribution in [0.2, 0.25) is 0 Å². The van der Waals surface area contributed by atoms with Gasteiger partial charge in [-0.1, -0.05) is 19.9 Å². The van der Waals surface area contributed by atoms with Gasteiger partial charge in [-0.25, -0.2) is 4.98 Å². The molecule has 0 unspecified atom stereocenters. The van der Waals surface area contributed by atoms with Crippen molar-refractivity contribution >= 4 is 5.82 Å². The van der Waals surface area contributed by atoms with E-state index in [1.165, 1.54) is 32.0 Å². The Balaban J connectivity index is 3.07. The Morgan fingerprint density at radius 1 is 1.38 bits per heavy atom. The van der Waals surface area contributed by atoms with Crippen LogP contribution in [0, 0.1) is 5.92 Å². The van der Waals surface area contributed by atoms with Gasteiger partial charge in [0.15, 0.2) is 0 Å². The third-order valence-electron chi connectivity index (χ3n) is 1.84. The molecule has 0 atom stereocenters. The maximum absolute atomic E-state index is 13.3. The van der Waals surface area contributed by atoms with E-state index in [9.17, 15) is 8.78 Å². The molecule has 0 spiro atoms. The fraction of sp³-hybridized carbons (Fsp3) is 0.444. The van der Waals surface area contributed by atoms with Crippen LogP contribution in [0.1, 0.15) is 19.5 Å². The summed E-state index contributed by atoms with van der Waals surface area (Å²) in [4.78, 5) is 3.59. The van der Waals surface area contributed by atoms with Crippen molar-refractivity contribution in [3.8, 4) is 0 Å². The molecule has 0 aliphatic carbocycles. The number of rotatable bonds is 2.